The lowest BCUT2D eigenvalue weighted by molar-refractivity contribution is -0.147. The minimum atomic E-state index is -4.53. The molecule has 2 rings (SSSR count). The van der Waals surface area contributed by atoms with Crippen molar-refractivity contribution in [2.45, 2.75) is 25.4 Å². The molecule has 0 aromatic heterocycles. The third kappa shape index (κ3) is 8.12. The van der Waals surface area contributed by atoms with Crippen LogP contribution in [0.1, 0.15) is 24.8 Å². The normalized spacial score (nSPS) is 10.9. The number of nitrogens with one attached hydrogen (secondary N) is 2. The van der Waals surface area contributed by atoms with Crippen molar-refractivity contribution in [2.75, 3.05) is 17.2 Å². The highest BCUT2D eigenvalue weighted by molar-refractivity contribution is 6.30. The van der Waals surface area contributed by atoms with E-state index >= 15 is 0 Å². The monoisotopic (exact) mass is 442 g/mol. The van der Waals surface area contributed by atoms with Gasteiger partial charge >= 0.3 is 12.1 Å². The Morgan fingerprint density at radius 2 is 1.57 bits per heavy atom. The van der Waals surface area contributed by atoms with Crippen LogP contribution in [0.4, 0.5) is 24.5 Å². The van der Waals surface area contributed by atoms with Gasteiger partial charge in [0.2, 0.25) is 5.91 Å². The summed E-state index contributed by atoms with van der Waals surface area (Å²) in [4.78, 5) is 35.2. The smallest absolute Gasteiger partial charge is 0.416 e. The topological polar surface area (TPSA) is 84.5 Å². The molecule has 160 valence electrons. The van der Waals surface area contributed by atoms with Crippen molar-refractivity contribution in [3.8, 4) is 0 Å². The standard InChI is InChI=1S/C20H18ClF3N2O4/c21-14-7-9-15(10-8-14)25-17(27)5-2-6-19(29)30-12-18(28)26-16-4-1-3-13(11-16)20(22,23)24/h1,3-4,7-11H,2,5-6,12H2,(H,25,27)(H,26,28). The van der Waals surface area contributed by atoms with Crippen LogP contribution in [-0.4, -0.2) is 24.4 Å². The van der Waals surface area contributed by atoms with Gasteiger partial charge in [0.05, 0.1) is 5.56 Å². The minimum absolute atomic E-state index is 0.0636. The van der Waals surface area contributed by atoms with Crippen LogP contribution in [0.15, 0.2) is 48.5 Å². The van der Waals surface area contributed by atoms with Crippen LogP contribution < -0.4 is 10.6 Å². The molecule has 30 heavy (non-hydrogen) atoms. The number of halogens is 4. The van der Waals surface area contributed by atoms with Crippen molar-refractivity contribution in [1.82, 2.24) is 0 Å². The van der Waals surface area contributed by atoms with E-state index in [-0.39, 0.29) is 30.9 Å². The van der Waals surface area contributed by atoms with E-state index in [2.05, 4.69) is 10.6 Å². The summed E-state index contributed by atoms with van der Waals surface area (Å²) in [5, 5.41) is 5.40. The fourth-order valence-electron chi connectivity index (χ4n) is 2.34. The van der Waals surface area contributed by atoms with E-state index in [1.165, 1.54) is 6.07 Å². The number of carbonyl (C=O) groups is 3. The number of alkyl halides is 3. The van der Waals surface area contributed by atoms with Crippen molar-refractivity contribution in [3.05, 3.63) is 59.1 Å². The van der Waals surface area contributed by atoms with Crippen molar-refractivity contribution >= 4 is 40.8 Å². The van der Waals surface area contributed by atoms with Crippen LogP contribution in [0.2, 0.25) is 5.02 Å². The quantitative estimate of drug-likeness (QED) is 0.583. The molecule has 6 nitrogen and oxygen atoms in total. The van der Waals surface area contributed by atoms with Gasteiger partial charge < -0.3 is 15.4 Å². The van der Waals surface area contributed by atoms with Gasteiger partial charge in [0.25, 0.3) is 5.91 Å². The average molecular weight is 443 g/mol. The van der Waals surface area contributed by atoms with E-state index in [1.807, 2.05) is 0 Å². The zero-order chi connectivity index (χ0) is 22.1. The molecular formula is C20H18ClF3N2O4. The summed E-state index contributed by atoms with van der Waals surface area (Å²) >= 11 is 5.75. The van der Waals surface area contributed by atoms with Crippen LogP contribution in [0.5, 0.6) is 0 Å². The van der Waals surface area contributed by atoms with Gasteiger partial charge in [0.1, 0.15) is 0 Å². The molecule has 0 radical (unpaired) electrons. The van der Waals surface area contributed by atoms with Crippen molar-refractivity contribution < 1.29 is 32.3 Å². The number of amides is 2. The van der Waals surface area contributed by atoms with Crippen molar-refractivity contribution in [3.63, 3.8) is 0 Å². The zero-order valence-corrected chi connectivity index (χ0v) is 16.3. The first-order valence-corrected chi connectivity index (χ1v) is 9.19. The lowest BCUT2D eigenvalue weighted by Crippen LogP contribution is -2.21. The molecule has 0 spiro atoms. The maximum atomic E-state index is 12.7. The molecule has 10 heteroatoms. The number of ether oxygens (including phenoxy) is 1. The van der Waals surface area contributed by atoms with Crippen LogP contribution in [0.3, 0.4) is 0 Å². The number of benzene rings is 2. The molecule has 2 aromatic rings. The third-order valence-corrected chi connectivity index (χ3v) is 4.00. The molecule has 0 aliphatic carbocycles. The zero-order valence-electron chi connectivity index (χ0n) is 15.6. The van der Waals surface area contributed by atoms with E-state index in [0.717, 1.165) is 18.2 Å². The van der Waals surface area contributed by atoms with E-state index in [9.17, 15) is 27.6 Å². The highest BCUT2D eigenvalue weighted by Crippen LogP contribution is 2.30. The first-order valence-electron chi connectivity index (χ1n) is 8.81. The lowest BCUT2D eigenvalue weighted by Gasteiger charge is -2.10. The Kier molecular flexibility index (Phi) is 8.23. The molecule has 0 saturated carbocycles. The third-order valence-electron chi connectivity index (χ3n) is 3.75. The second-order valence-electron chi connectivity index (χ2n) is 6.20. The van der Waals surface area contributed by atoms with Gasteiger partial charge in [-0.2, -0.15) is 13.2 Å². The van der Waals surface area contributed by atoms with Crippen LogP contribution >= 0.6 is 11.6 Å². The first-order chi connectivity index (χ1) is 14.1. The van der Waals surface area contributed by atoms with Gasteiger partial charge in [0.15, 0.2) is 6.61 Å². The highest BCUT2D eigenvalue weighted by Gasteiger charge is 2.30. The molecule has 0 unspecified atom stereocenters. The summed E-state index contributed by atoms with van der Waals surface area (Å²) in [5.41, 5.74) is -0.405. The van der Waals surface area contributed by atoms with Crippen molar-refractivity contribution in [1.29, 1.82) is 0 Å². The van der Waals surface area contributed by atoms with Gasteiger partial charge in [-0.15, -0.1) is 0 Å². The number of hydrogen-bond donors (Lipinski definition) is 2. The summed E-state index contributed by atoms with van der Waals surface area (Å²) in [7, 11) is 0. The molecule has 0 bridgehead atoms. The Balaban J connectivity index is 1.67. The Bertz CT molecular complexity index is 902. The number of anilines is 2. The molecule has 0 aliphatic heterocycles. The predicted molar refractivity (Wildman–Crippen MR) is 105 cm³/mol. The molecule has 0 aliphatic rings. The van der Waals surface area contributed by atoms with E-state index in [0.29, 0.717) is 10.7 Å². The Morgan fingerprint density at radius 1 is 0.900 bits per heavy atom. The van der Waals surface area contributed by atoms with Gasteiger partial charge in [-0.3, -0.25) is 14.4 Å². The molecule has 0 atom stereocenters. The maximum absolute atomic E-state index is 12.7. The van der Waals surface area contributed by atoms with Gasteiger partial charge in [-0.1, -0.05) is 17.7 Å². The van der Waals surface area contributed by atoms with Gasteiger partial charge in [0, 0.05) is 29.2 Å². The van der Waals surface area contributed by atoms with Crippen molar-refractivity contribution in [2.24, 2.45) is 0 Å². The lowest BCUT2D eigenvalue weighted by atomic mass is 10.2. The molecule has 2 aromatic carbocycles. The van der Waals surface area contributed by atoms with E-state index < -0.39 is 30.2 Å². The van der Waals surface area contributed by atoms with Gasteiger partial charge in [-0.05, 0) is 48.9 Å². The summed E-state index contributed by atoms with van der Waals surface area (Å²) in [6.45, 7) is -0.647. The Hall–Kier alpha value is -3.07. The number of carbonyl (C=O) groups excluding carboxylic acids is 3. The highest BCUT2D eigenvalue weighted by atomic mass is 35.5. The first kappa shape index (κ1) is 23.2. The van der Waals surface area contributed by atoms with E-state index in [1.54, 1.807) is 24.3 Å². The Morgan fingerprint density at radius 3 is 2.23 bits per heavy atom. The maximum Gasteiger partial charge on any atom is 0.416 e. The summed E-state index contributed by atoms with van der Waals surface area (Å²) in [6.07, 6.45) is -4.36. The predicted octanol–water partition coefficient (Wildman–Crippen LogP) is 4.65. The molecule has 2 N–H and O–H groups in total. The molecular weight excluding hydrogens is 425 g/mol. The summed E-state index contributed by atoms with van der Waals surface area (Å²) < 4.78 is 42.7. The van der Waals surface area contributed by atoms with Crippen LogP contribution in [0, 0.1) is 0 Å². The van der Waals surface area contributed by atoms with E-state index in [4.69, 9.17) is 16.3 Å². The van der Waals surface area contributed by atoms with Gasteiger partial charge in [-0.25, -0.2) is 0 Å². The Labute approximate surface area is 175 Å². The number of esters is 1. The SMILES string of the molecule is O=C(CCCC(=O)OCC(=O)Nc1cccc(C(F)(F)F)c1)Nc1ccc(Cl)cc1. The fraction of sp³-hybridized carbons (Fsp3) is 0.250. The molecule has 0 fully saturated rings. The second-order valence-corrected chi connectivity index (χ2v) is 6.63. The number of hydrogen-bond acceptors (Lipinski definition) is 4. The largest absolute Gasteiger partial charge is 0.456 e. The van der Waals surface area contributed by atoms with Crippen LogP contribution in [0.25, 0.3) is 0 Å². The summed E-state index contributed by atoms with van der Waals surface area (Å²) in [5.74, 6) is -1.77. The average Bonchev–Trinajstić information content (AvgIpc) is 2.68. The fourth-order valence-corrected chi connectivity index (χ4v) is 2.46. The summed E-state index contributed by atoms with van der Waals surface area (Å²) in [6, 6.07) is 10.6. The second kappa shape index (κ2) is 10.6. The van der Waals surface area contributed by atoms with Crippen LogP contribution in [-0.2, 0) is 25.3 Å². The molecule has 0 saturated heterocycles. The molecule has 0 heterocycles. The minimum Gasteiger partial charge on any atom is -0.456 e. The number of rotatable bonds is 8. The molecule has 2 amide bonds.